The molecule has 8 heteroatoms. The van der Waals surface area contributed by atoms with Gasteiger partial charge in [-0.2, -0.15) is 0 Å². The molecule has 1 amide bonds. The Morgan fingerprint density at radius 3 is 2.35 bits per heavy atom. The minimum Gasteiger partial charge on any atom is -0.481 e. The highest BCUT2D eigenvalue weighted by Crippen LogP contribution is 2.21. The summed E-state index contributed by atoms with van der Waals surface area (Å²) in [7, 11) is -1.83. The number of sulfonamides is 1. The molecule has 1 rings (SSSR count). The van der Waals surface area contributed by atoms with Crippen molar-refractivity contribution in [2.24, 2.45) is 0 Å². The normalized spacial score (nSPS) is 12.7. The summed E-state index contributed by atoms with van der Waals surface area (Å²) in [6.07, 6.45) is 1.99. The number of nitrogens with one attached hydrogen (secondary N) is 1. The number of nitrogens with zero attached hydrogens (tertiary/aromatic N) is 1. The summed E-state index contributed by atoms with van der Waals surface area (Å²) in [5, 5.41) is 2.85. The largest absolute Gasteiger partial charge is 0.481 e. The molecule has 26 heavy (non-hydrogen) atoms. The molecule has 0 saturated heterocycles. The number of anilines is 1. The Hall–Kier alpha value is -1.80. The van der Waals surface area contributed by atoms with Gasteiger partial charge in [-0.15, -0.1) is 0 Å². The van der Waals surface area contributed by atoms with Crippen LogP contribution in [0.2, 0.25) is 0 Å². The van der Waals surface area contributed by atoms with Crippen LogP contribution in [0, 0.1) is 0 Å². The van der Waals surface area contributed by atoms with E-state index in [4.69, 9.17) is 9.47 Å². The van der Waals surface area contributed by atoms with Crippen molar-refractivity contribution < 1.29 is 22.7 Å². The summed E-state index contributed by atoms with van der Waals surface area (Å²) in [4.78, 5) is 12.2. The monoisotopic (exact) mass is 386 g/mol. The smallest absolute Gasteiger partial charge is 0.261 e. The first-order valence-corrected chi connectivity index (χ1v) is 10.6. The lowest BCUT2D eigenvalue weighted by molar-refractivity contribution is -0.128. The Labute approximate surface area is 156 Å². The molecule has 0 fully saturated rings. The van der Waals surface area contributed by atoms with Gasteiger partial charge in [-0.3, -0.25) is 9.10 Å². The summed E-state index contributed by atoms with van der Waals surface area (Å²) < 4.78 is 35.4. The molecule has 1 aromatic rings. The molecule has 1 unspecified atom stereocenters. The lowest BCUT2D eigenvalue weighted by Gasteiger charge is -2.19. The number of hydrogen-bond acceptors (Lipinski definition) is 5. The first-order valence-electron chi connectivity index (χ1n) is 8.75. The highest BCUT2D eigenvalue weighted by Gasteiger charge is 2.18. The molecule has 1 atom stereocenters. The van der Waals surface area contributed by atoms with Crippen LogP contribution in [-0.2, 0) is 19.6 Å². The van der Waals surface area contributed by atoms with E-state index in [-0.39, 0.29) is 12.0 Å². The second-order valence-corrected chi connectivity index (χ2v) is 8.32. The van der Waals surface area contributed by atoms with Crippen molar-refractivity contribution in [2.75, 3.05) is 30.8 Å². The van der Waals surface area contributed by atoms with Crippen molar-refractivity contribution in [1.82, 2.24) is 5.32 Å². The van der Waals surface area contributed by atoms with Gasteiger partial charge >= 0.3 is 0 Å². The van der Waals surface area contributed by atoms with Crippen LogP contribution in [0.5, 0.6) is 5.75 Å². The second kappa shape index (κ2) is 10.4. The van der Waals surface area contributed by atoms with E-state index >= 15 is 0 Å². The Kier molecular flexibility index (Phi) is 8.87. The zero-order valence-corrected chi connectivity index (χ0v) is 17.0. The van der Waals surface area contributed by atoms with E-state index in [1.54, 1.807) is 24.3 Å². The van der Waals surface area contributed by atoms with Crippen LogP contribution in [-0.4, -0.2) is 53.0 Å². The van der Waals surface area contributed by atoms with Gasteiger partial charge in [0.2, 0.25) is 10.0 Å². The molecule has 0 aliphatic rings. The van der Waals surface area contributed by atoms with Crippen LogP contribution in [0.1, 0.15) is 33.6 Å². The van der Waals surface area contributed by atoms with Gasteiger partial charge in [0, 0.05) is 20.2 Å². The summed E-state index contributed by atoms with van der Waals surface area (Å²) in [6.45, 7) is 6.95. The predicted molar refractivity (Wildman–Crippen MR) is 103 cm³/mol. The van der Waals surface area contributed by atoms with Crippen molar-refractivity contribution in [1.29, 1.82) is 0 Å². The number of carbonyl (C=O) groups is 1. The van der Waals surface area contributed by atoms with E-state index in [2.05, 4.69) is 5.32 Å². The maximum absolute atomic E-state index is 12.2. The topological polar surface area (TPSA) is 84.9 Å². The van der Waals surface area contributed by atoms with Gasteiger partial charge in [0.25, 0.3) is 5.91 Å². The summed E-state index contributed by atoms with van der Waals surface area (Å²) in [5.74, 6) is 0.343. The van der Waals surface area contributed by atoms with Crippen LogP contribution in [0.4, 0.5) is 5.69 Å². The second-order valence-electron chi connectivity index (χ2n) is 6.30. The number of amides is 1. The lowest BCUT2D eigenvalue weighted by Crippen LogP contribution is -2.38. The molecule has 0 aliphatic carbocycles. The third-order valence-electron chi connectivity index (χ3n) is 3.71. The summed E-state index contributed by atoms with van der Waals surface area (Å²) in [5.41, 5.74) is 0.530. The minimum atomic E-state index is -3.31. The maximum atomic E-state index is 12.2. The van der Waals surface area contributed by atoms with E-state index in [1.165, 1.54) is 11.4 Å². The summed E-state index contributed by atoms with van der Waals surface area (Å²) >= 11 is 0. The van der Waals surface area contributed by atoms with Gasteiger partial charge in [-0.25, -0.2) is 8.42 Å². The van der Waals surface area contributed by atoms with Crippen molar-refractivity contribution in [3.63, 3.8) is 0 Å². The van der Waals surface area contributed by atoms with Gasteiger partial charge < -0.3 is 14.8 Å². The molecule has 0 aromatic heterocycles. The zero-order chi connectivity index (χ0) is 19.7. The molecule has 0 bridgehead atoms. The number of benzene rings is 1. The first kappa shape index (κ1) is 22.2. The molecule has 0 aliphatic heterocycles. The zero-order valence-electron chi connectivity index (χ0n) is 16.2. The molecule has 0 radical (unpaired) electrons. The predicted octanol–water partition coefficient (Wildman–Crippen LogP) is 2.17. The SMILES string of the molecule is CCC(Oc1ccc(N(C)S(C)(=O)=O)cc1)C(=O)NCCCOC(C)C. The van der Waals surface area contributed by atoms with Gasteiger partial charge in [-0.05, 0) is 51.0 Å². The molecule has 1 N–H and O–H groups in total. The standard InChI is InChI=1S/C18H30N2O5S/c1-6-17(18(21)19-12-7-13-24-14(2)3)25-16-10-8-15(9-11-16)20(4)26(5,22)23/h8-11,14,17H,6-7,12-13H2,1-5H3,(H,19,21). The average Bonchev–Trinajstić information content (AvgIpc) is 2.58. The van der Waals surface area contributed by atoms with E-state index in [1.807, 2.05) is 20.8 Å². The van der Waals surface area contributed by atoms with Crippen LogP contribution < -0.4 is 14.4 Å². The van der Waals surface area contributed by atoms with Gasteiger partial charge in [0.05, 0.1) is 18.0 Å². The van der Waals surface area contributed by atoms with Crippen molar-refractivity contribution in [2.45, 2.75) is 45.8 Å². The highest BCUT2D eigenvalue weighted by molar-refractivity contribution is 7.92. The quantitative estimate of drug-likeness (QED) is 0.589. The number of hydrogen-bond donors (Lipinski definition) is 1. The van der Waals surface area contributed by atoms with E-state index < -0.39 is 16.1 Å². The Bertz CT molecular complexity index is 659. The number of carbonyl (C=O) groups excluding carboxylic acids is 1. The molecular weight excluding hydrogens is 356 g/mol. The van der Waals surface area contributed by atoms with Crippen LogP contribution >= 0.6 is 0 Å². The summed E-state index contributed by atoms with van der Waals surface area (Å²) in [6, 6.07) is 6.60. The Morgan fingerprint density at radius 2 is 1.85 bits per heavy atom. The third-order valence-corrected chi connectivity index (χ3v) is 4.92. The van der Waals surface area contributed by atoms with Crippen LogP contribution in [0.15, 0.2) is 24.3 Å². The first-order chi connectivity index (χ1) is 12.1. The van der Waals surface area contributed by atoms with Gasteiger partial charge in [-0.1, -0.05) is 6.92 Å². The molecule has 0 heterocycles. The van der Waals surface area contributed by atoms with Crippen molar-refractivity contribution in [3.8, 4) is 5.75 Å². The third kappa shape index (κ3) is 7.61. The maximum Gasteiger partial charge on any atom is 0.261 e. The Balaban J connectivity index is 2.55. The van der Waals surface area contributed by atoms with Crippen molar-refractivity contribution in [3.05, 3.63) is 24.3 Å². The lowest BCUT2D eigenvalue weighted by atomic mass is 10.2. The highest BCUT2D eigenvalue weighted by atomic mass is 32.2. The van der Waals surface area contributed by atoms with E-state index in [0.29, 0.717) is 31.0 Å². The molecular formula is C18H30N2O5S. The molecule has 148 valence electrons. The number of rotatable bonds is 11. The van der Waals surface area contributed by atoms with Crippen LogP contribution in [0.25, 0.3) is 0 Å². The average molecular weight is 387 g/mol. The Morgan fingerprint density at radius 1 is 1.23 bits per heavy atom. The van der Waals surface area contributed by atoms with E-state index in [0.717, 1.165) is 12.7 Å². The van der Waals surface area contributed by atoms with Crippen LogP contribution in [0.3, 0.4) is 0 Å². The molecule has 0 saturated carbocycles. The fourth-order valence-corrected chi connectivity index (χ4v) is 2.63. The minimum absolute atomic E-state index is 0.172. The van der Waals surface area contributed by atoms with Crippen molar-refractivity contribution >= 4 is 21.6 Å². The number of ether oxygens (including phenoxy) is 2. The van der Waals surface area contributed by atoms with Gasteiger partial charge in [0.1, 0.15) is 5.75 Å². The fourth-order valence-electron chi connectivity index (χ4n) is 2.13. The van der Waals surface area contributed by atoms with E-state index in [9.17, 15) is 13.2 Å². The molecule has 7 nitrogen and oxygen atoms in total. The fraction of sp³-hybridized carbons (Fsp3) is 0.611. The molecule has 0 spiro atoms. The molecule has 1 aromatic carbocycles. The van der Waals surface area contributed by atoms with Gasteiger partial charge in [0.15, 0.2) is 6.10 Å².